The molecule has 4 atom stereocenters. The van der Waals surface area contributed by atoms with Crippen LogP contribution in [0.1, 0.15) is 27.0 Å². The van der Waals surface area contributed by atoms with E-state index in [4.69, 9.17) is 23.3 Å². The minimum Gasteiger partial charge on any atom is -0.414 e. The number of ether oxygens (including phenoxy) is 1. The molecule has 1 saturated heterocycles. The van der Waals surface area contributed by atoms with Gasteiger partial charge in [0.15, 0.2) is 32.1 Å². The second-order valence-corrected chi connectivity index (χ2v) is 17.8. The van der Waals surface area contributed by atoms with E-state index in [-0.39, 0.29) is 28.6 Å². The molecule has 0 radical (unpaired) electrons. The number of nitrogens with two attached hydrogens (primary N) is 1. The van der Waals surface area contributed by atoms with E-state index in [2.05, 4.69) is 35.7 Å². The van der Waals surface area contributed by atoms with Crippen LogP contribution in [0.4, 0.5) is 5.82 Å². The Balaban J connectivity index is 2.06. The highest BCUT2D eigenvalue weighted by atomic mass is 32.2. The summed E-state index contributed by atoms with van der Waals surface area (Å²) in [5.74, 6) is 0.115. The molecule has 0 saturated carbocycles. The molecule has 0 spiro atoms. The maximum atomic E-state index is 12.1. The molecule has 2 aromatic rings. The summed E-state index contributed by atoms with van der Waals surface area (Å²) in [7, 11) is -10.3. The summed E-state index contributed by atoms with van der Waals surface area (Å²) in [6.45, 7) is 10.2. The van der Waals surface area contributed by atoms with Crippen molar-refractivity contribution in [1.82, 2.24) is 19.5 Å². The molecule has 3 rings (SSSR count). The molecule has 2 aromatic heterocycles. The summed E-state index contributed by atoms with van der Waals surface area (Å²) in [6.07, 6.45) is -0.557. The van der Waals surface area contributed by atoms with Gasteiger partial charge in [-0.3, -0.25) is 12.9 Å². The lowest BCUT2D eigenvalue weighted by Gasteiger charge is -2.37. The van der Waals surface area contributed by atoms with Gasteiger partial charge in [-0.2, -0.15) is 16.8 Å². The van der Waals surface area contributed by atoms with Crippen LogP contribution in [-0.2, 0) is 37.8 Å². The van der Waals surface area contributed by atoms with Gasteiger partial charge in [-0.05, 0) is 18.1 Å². The lowest BCUT2D eigenvalue weighted by atomic mass is 10.1. The quantitative estimate of drug-likeness (QED) is 0.374. The van der Waals surface area contributed by atoms with E-state index < -0.39 is 53.1 Å². The van der Waals surface area contributed by atoms with Crippen LogP contribution in [0, 0.1) is 0 Å². The molecule has 0 aliphatic carbocycles. The van der Waals surface area contributed by atoms with Gasteiger partial charge in [-0.1, -0.05) is 20.8 Å². The highest BCUT2D eigenvalue weighted by Crippen LogP contribution is 2.40. The van der Waals surface area contributed by atoms with E-state index in [9.17, 15) is 16.8 Å². The Morgan fingerprint density at radius 3 is 2.21 bits per heavy atom. The fraction of sp³-hybridized carbons (Fsp3) is 0.722. The van der Waals surface area contributed by atoms with Crippen molar-refractivity contribution in [2.24, 2.45) is 0 Å². The van der Waals surface area contributed by atoms with Crippen LogP contribution in [0.25, 0.3) is 11.2 Å². The molecule has 0 bridgehead atoms. The molecule has 13 nitrogen and oxygen atoms in total. The number of hydrogen-bond donors (Lipinski definition) is 1. The summed E-state index contributed by atoms with van der Waals surface area (Å²) >= 11 is 0. The Morgan fingerprint density at radius 1 is 1.06 bits per heavy atom. The standard InChI is InChI=1S/C18H31N5O8S2Si/c1-18(2,3)34(6,7)28-8-11-13(30-32(4,24)25)14(31-33(5,26)27)17(29-11)23-10-22-12-15(19)20-9-21-16(12)23/h9-11,13-14,17H,8H2,1-7H3,(H2,19,20,21)/t11-,13-,14-,17-/m1/s1. The topological polar surface area (TPSA) is 175 Å². The van der Waals surface area contributed by atoms with Crippen LogP contribution in [0.3, 0.4) is 0 Å². The van der Waals surface area contributed by atoms with Crippen LogP contribution in [0.5, 0.6) is 0 Å². The number of hydrogen-bond acceptors (Lipinski definition) is 12. The zero-order valence-corrected chi connectivity index (χ0v) is 22.8. The third-order valence-electron chi connectivity index (χ3n) is 5.93. The minimum absolute atomic E-state index is 0.0411. The number of anilines is 1. The zero-order valence-electron chi connectivity index (χ0n) is 20.1. The number of nitrogen functional groups attached to an aromatic ring is 1. The van der Waals surface area contributed by atoms with Crippen molar-refractivity contribution in [3.63, 3.8) is 0 Å². The van der Waals surface area contributed by atoms with Crippen molar-refractivity contribution < 1.29 is 34.4 Å². The van der Waals surface area contributed by atoms with Gasteiger partial charge in [0.2, 0.25) is 0 Å². The first-order valence-electron chi connectivity index (χ1n) is 10.4. The minimum atomic E-state index is -4.05. The number of aromatic nitrogens is 4. The molecule has 34 heavy (non-hydrogen) atoms. The van der Waals surface area contributed by atoms with E-state index in [0.717, 1.165) is 12.5 Å². The molecule has 0 unspecified atom stereocenters. The van der Waals surface area contributed by atoms with Gasteiger partial charge in [-0.25, -0.2) is 15.0 Å². The Kier molecular flexibility index (Phi) is 7.18. The average molecular weight is 538 g/mol. The van der Waals surface area contributed by atoms with E-state index >= 15 is 0 Å². The van der Waals surface area contributed by atoms with Crippen LogP contribution >= 0.6 is 0 Å². The molecule has 0 aromatic carbocycles. The molecule has 1 aliphatic heterocycles. The van der Waals surface area contributed by atoms with Crippen LogP contribution < -0.4 is 5.73 Å². The SMILES string of the molecule is CC(C)(C)[Si](C)(C)OC[C@H]1O[C@@H](n2cnc3c(N)ncnc32)[C@H](OS(C)(=O)=O)[C@@H]1OS(C)(=O)=O. The smallest absolute Gasteiger partial charge is 0.264 e. The van der Waals surface area contributed by atoms with Gasteiger partial charge in [0.05, 0.1) is 25.4 Å². The normalized spacial score (nSPS) is 24.7. The summed E-state index contributed by atoms with van der Waals surface area (Å²) < 4.78 is 72.7. The fourth-order valence-corrected chi connectivity index (χ4v) is 5.51. The van der Waals surface area contributed by atoms with E-state index in [0.29, 0.717) is 0 Å². The van der Waals surface area contributed by atoms with E-state index in [1.54, 1.807) is 0 Å². The second-order valence-electron chi connectivity index (χ2n) is 9.75. The first kappa shape index (κ1) is 26.9. The highest BCUT2D eigenvalue weighted by molar-refractivity contribution is 7.86. The largest absolute Gasteiger partial charge is 0.414 e. The molecule has 2 N–H and O–H groups in total. The van der Waals surface area contributed by atoms with Crippen molar-refractivity contribution in [3.05, 3.63) is 12.7 Å². The van der Waals surface area contributed by atoms with Crippen molar-refractivity contribution in [3.8, 4) is 0 Å². The van der Waals surface area contributed by atoms with Gasteiger partial charge < -0.3 is 14.9 Å². The predicted octanol–water partition coefficient (Wildman–Crippen LogP) is 1.02. The Hall–Kier alpha value is -1.69. The third-order valence-corrected chi connectivity index (χ3v) is 11.6. The second kappa shape index (κ2) is 9.07. The monoisotopic (exact) mass is 537 g/mol. The maximum Gasteiger partial charge on any atom is 0.264 e. The summed E-state index contributed by atoms with van der Waals surface area (Å²) in [4.78, 5) is 12.2. The number of imidazole rings is 1. The zero-order chi connectivity index (χ0) is 25.7. The Labute approximate surface area is 200 Å². The maximum absolute atomic E-state index is 12.1. The van der Waals surface area contributed by atoms with Crippen LogP contribution in [-0.4, -0.2) is 82.1 Å². The summed E-state index contributed by atoms with van der Waals surface area (Å²) in [6, 6.07) is 0. The van der Waals surface area contributed by atoms with Gasteiger partial charge in [-0.15, -0.1) is 0 Å². The first-order valence-corrected chi connectivity index (χ1v) is 16.9. The number of fused-ring (bicyclic) bond motifs is 1. The molecule has 16 heteroatoms. The molecule has 3 heterocycles. The lowest BCUT2D eigenvalue weighted by Crippen LogP contribution is -2.46. The van der Waals surface area contributed by atoms with Crippen molar-refractivity contribution in [2.75, 3.05) is 24.9 Å². The predicted molar refractivity (Wildman–Crippen MR) is 126 cm³/mol. The molecular formula is C18H31N5O8S2Si. The van der Waals surface area contributed by atoms with Crippen molar-refractivity contribution >= 4 is 45.5 Å². The molecular weight excluding hydrogens is 506 g/mol. The average Bonchev–Trinajstić information content (AvgIpc) is 3.20. The number of rotatable bonds is 8. The lowest BCUT2D eigenvalue weighted by molar-refractivity contribution is -0.0444. The van der Waals surface area contributed by atoms with Gasteiger partial charge >= 0.3 is 0 Å². The van der Waals surface area contributed by atoms with E-state index in [1.165, 1.54) is 17.2 Å². The molecule has 192 valence electrons. The van der Waals surface area contributed by atoms with E-state index in [1.807, 2.05) is 13.1 Å². The Bertz CT molecular complexity index is 1260. The third kappa shape index (κ3) is 5.92. The van der Waals surface area contributed by atoms with Crippen LogP contribution in [0.2, 0.25) is 18.1 Å². The number of nitrogens with zero attached hydrogens (tertiary/aromatic N) is 4. The van der Waals surface area contributed by atoms with Crippen molar-refractivity contribution in [2.45, 2.75) is 63.4 Å². The van der Waals surface area contributed by atoms with Gasteiger partial charge in [0.1, 0.15) is 24.1 Å². The highest BCUT2D eigenvalue weighted by Gasteiger charge is 2.52. The summed E-state index contributed by atoms with van der Waals surface area (Å²) in [5, 5.41) is -0.129. The first-order chi connectivity index (χ1) is 15.4. The van der Waals surface area contributed by atoms with Crippen LogP contribution in [0.15, 0.2) is 12.7 Å². The molecule has 1 fully saturated rings. The van der Waals surface area contributed by atoms with Crippen molar-refractivity contribution in [1.29, 1.82) is 0 Å². The van der Waals surface area contributed by atoms with Gasteiger partial charge in [0.25, 0.3) is 20.2 Å². The summed E-state index contributed by atoms with van der Waals surface area (Å²) in [5.41, 5.74) is 6.39. The fourth-order valence-electron chi connectivity index (χ4n) is 3.25. The van der Waals surface area contributed by atoms with Gasteiger partial charge in [0, 0.05) is 0 Å². The Morgan fingerprint density at radius 2 is 1.65 bits per heavy atom. The molecule has 1 aliphatic rings. The molecule has 0 amide bonds.